The molecule has 6 heteroatoms. The van der Waals surface area contributed by atoms with Gasteiger partial charge in [-0.3, -0.25) is 4.79 Å². The van der Waals surface area contributed by atoms with Gasteiger partial charge < -0.3 is 20.7 Å². The molecule has 1 aromatic rings. The Morgan fingerprint density at radius 2 is 1.82 bits per heavy atom. The Kier molecular flexibility index (Phi) is 6.69. The standard InChI is InChI=1S/C16H25N3O3/c1-5-14(20)19-13-8-6-7-12(11-13)17-9-10-18-15(21)22-16(2,3)4/h6-8,11,17H,5,9-10H2,1-4H3,(H,18,21)(H,19,20). The molecule has 0 aliphatic carbocycles. The molecule has 1 rings (SSSR count). The van der Waals surface area contributed by atoms with Crippen LogP contribution in [0.2, 0.25) is 0 Å². The van der Waals surface area contributed by atoms with Crippen molar-refractivity contribution in [2.24, 2.45) is 0 Å². The molecule has 2 amide bonds. The molecule has 3 N–H and O–H groups in total. The predicted molar refractivity (Wildman–Crippen MR) is 88.1 cm³/mol. The van der Waals surface area contributed by atoms with Crippen molar-refractivity contribution in [3.8, 4) is 0 Å². The van der Waals surface area contributed by atoms with Gasteiger partial charge in [0.2, 0.25) is 5.91 Å². The Hall–Kier alpha value is -2.24. The number of rotatable bonds is 6. The summed E-state index contributed by atoms with van der Waals surface area (Å²) in [4.78, 5) is 22.8. The summed E-state index contributed by atoms with van der Waals surface area (Å²) >= 11 is 0. The summed E-state index contributed by atoms with van der Waals surface area (Å²) in [7, 11) is 0. The zero-order valence-corrected chi connectivity index (χ0v) is 13.7. The van der Waals surface area contributed by atoms with Crippen LogP contribution in [0.25, 0.3) is 0 Å². The van der Waals surface area contributed by atoms with Crippen molar-refractivity contribution in [3.63, 3.8) is 0 Å². The highest BCUT2D eigenvalue weighted by Gasteiger charge is 2.15. The molecule has 1 aromatic carbocycles. The minimum atomic E-state index is -0.497. The smallest absolute Gasteiger partial charge is 0.407 e. The Morgan fingerprint density at radius 3 is 2.45 bits per heavy atom. The van der Waals surface area contributed by atoms with Crippen molar-refractivity contribution in [1.82, 2.24) is 5.32 Å². The number of carbonyl (C=O) groups excluding carboxylic acids is 2. The van der Waals surface area contributed by atoms with Crippen molar-refractivity contribution < 1.29 is 14.3 Å². The Labute approximate surface area is 131 Å². The molecule has 0 aliphatic rings. The van der Waals surface area contributed by atoms with Crippen LogP contribution < -0.4 is 16.0 Å². The number of amides is 2. The number of carbonyl (C=O) groups is 2. The average molecular weight is 307 g/mol. The lowest BCUT2D eigenvalue weighted by Crippen LogP contribution is -2.34. The SMILES string of the molecule is CCC(=O)Nc1cccc(NCCNC(=O)OC(C)(C)C)c1. The van der Waals surface area contributed by atoms with Gasteiger partial charge in [0.15, 0.2) is 0 Å². The second-order valence-corrected chi connectivity index (χ2v) is 5.84. The van der Waals surface area contributed by atoms with Crippen LogP contribution in [0.1, 0.15) is 34.1 Å². The lowest BCUT2D eigenvalue weighted by Gasteiger charge is -2.19. The van der Waals surface area contributed by atoms with Gasteiger partial charge >= 0.3 is 6.09 Å². The first-order valence-corrected chi connectivity index (χ1v) is 7.41. The van der Waals surface area contributed by atoms with E-state index in [2.05, 4.69) is 16.0 Å². The molecule has 0 radical (unpaired) electrons. The topological polar surface area (TPSA) is 79.5 Å². The van der Waals surface area contributed by atoms with E-state index in [0.717, 1.165) is 11.4 Å². The third-order valence-electron chi connectivity index (χ3n) is 2.59. The molecule has 0 aromatic heterocycles. The molecule has 0 unspecified atom stereocenters. The maximum atomic E-state index is 11.5. The molecule has 0 saturated heterocycles. The van der Waals surface area contributed by atoms with Crippen molar-refractivity contribution in [1.29, 1.82) is 0 Å². The summed E-state index contributed by atoms with van der Waals surface area (Å²) in [6.45, 7) is 8.27. The predicted octanol–water partition coefficient (Wildman–Crippen LogP) is 2.97. The fraction of sp³-hybridized carbons (Fsp3) is 0.500. The second kappa shape index (κ2) is 8.26. The largest absolute Gasteiger partial charge is 0.444 e. The third-order valence-corrected chi connectivity index (χ3v) is 2.59. The van der Waals surface area contributed by atoms with Crippen molar-refractivity contribution in [2.45, 2.75) is 39.7 Å². The van der Waals surface area contributed by atoms with E-state index in [0.29, 0.717) is 19.5 Å². The number of hydrogen-bond acceptors (Lipinski definition) is 4. The first-order valence-electron chi connectivity index (χ1n) is 7.41. The van der Waals surface area contributed by atoms with E-state index in [1.165, 1.54) is 0 Å². The molecule has 0 bridgehead atoms. The zero-order valence-electron chi connectivity index (χ0n) is 13.7. The Balaban J connectivity index is 2.35. The van der Waals surface area contributed by atoms with Crippen LogP contribution in [-0.4, -0.2) is 30.7 Å². The van der Waals surface area contributed by atoms with E-state index in [9.17, 15) is 9.59 Å². The fourth-order valence-corrected chi connectivity index (χ4v) is 1.64. The monoisotopic (exact) mass is 307 g/mol. The molecule has 0 fully saturated rings. The Bertz CT molecular complexity index is 510. The zero-order chi connectivity index (χ0) is 16.6. The van der Waals surface area contributed by atoms with Crippen LogP contribution in [0, 0.1) is 0 Å². The van der Waals surface area contributed by atoms with E-state index in [-0.39, 0.29) is 5.91 Å². The highest BCUT2D eigenvalue weighted by Crippen LogP contribution is 2.15. The molecule has 0 aliphatic heterocycles. The summed E-state index contributed by atoms with van der Waals surface area (Å²) in [5.74, 6) is -0.0243. The van der Waals surface area contributed by atoms with E-state index >= 15 is 0 Å². The Morgan fingerprint density at radius 1 is 1.14 bits per heavy atom. The van der Waals surface area contributed by atoms with E-state index < -0.39 is 11.7 Å². The minimum absolute atomic E-state index is 0.0243. The van der Waals surface area contributed by atoms with E-state index in [4.69, 9.17) is 4.74 Å². The van der Waals surface area contributed by atoms with Gasteiger partial charge in [0, 0.05) is 30.9 Å². The third kappa shape index (κ3) is 7.52. The minimum Gasteiger partial charge on any atom is -0.444 e. The second-order valence-electron chi connectivity index (χ2n) is 5.84. The van der Waals surface area contributed by atoms with Gasteiger partial charge in [-0.25, -0.2) is 4.79 Å². The van der Waals surface area contributed by atoms with Gasteiger partial charge in [-0.05, 0) is 39.0 Å². The molecule has 122 valence electrons. The molecule has 0 saturated carbocycles. The van der Waals surface area contributed by atoms with Crippen LogP contribution in [0.15, 0.2) is 24.3 Å². The number of alkyl carbamates (subject to hydrolysis) is 1. The lowest BCUT2D eigenvalue weighted by atomic mass is 10.2. The number of nitrogens with one attached hydrogen (secondary N) is 3. The molecular weight excluding hydrogens is 282 g/mol. The lowest BCUT2D eigenvalue weighted by molar-refractivity contribution is -0.115. The van der Waals surface area contributed by atoms with E-state index in [1.54, 1.807) is 6.92 Å². The van der Waals surface area contributed by atoms with Crippen LogP contribution >= 0.6 is 0 Å². The van der Waals surface area contributed by atoms with Crippen LogP contribution in [0.4, 0.5) is 16.2 Å². The van der Waals surface area contributed by atoms with Gasteiger partial charge in [0.1, 0.15) is 5.60 Å². The highest BCUT2D eigenvalue weighted by atomic mass is 16.6. The average Bonchev–Trinajstić information content (AvgIpc) is 2.42. The maximum Gasteiger partial charge on any atom is 0.407 e. The number of ether oxygens (including phenoxy) is 1. The van der Waals surface area contributed by atoms with Crippen LogP contribution in [0.5, 0.6) is 0 Å². The molecule has 0 spiro atoms. The summed E-state index contributed by atoms with van der Waals surface area (Å²) in [6, 6.07) is 7.43. The van der Waals surface area contributed by atoms with Crippen LogP contribution in [0.3, 0.4) is 0 Å². The van der Waals surface area contributed by atoms with Gasteiger partial charge in [-0.1, -0.05) is 13.0 Å². The fourth-order valence-electron chi connectivity index (χ4n) is 1.64. The number of anilines is 2. The van der Waals surface area contributed by atoms with Gasteiger partial charge in [-0.15, -0.1) is 0 Å². The first kappa shape index (κ1) is 17.8. The summed E-state index contributed by atoms with van der Waals surface area (Å²) in [6.07, 6.45) is 0.00976. The highest BCUT2D eigenvalue weighted by molar-refractivity contribution is 5.90. The number of hydrogen-bond donors (Lipinski definition) is 3. The number of benzene rings is 1. The quantitative estimate of drug-likeness (QED) is 0.706. The summed E-state index contributed by atoms with van der Waals surface area (Å²) in [5, 5.41) is 8.64. The molecular formula is C16H25N3O3. The molecule has 0 heterocycles. The van der Waals surface area contributed by atoms with Crippen molar-refractivity contribution in [2.75, 3.05) is 23.7 Å². The van der Waals surface area contributed by atoms with Crippen molar-refractivity contribution in [3.05, 3.63) is 24.3 Å². The van der Waals surface area contributed by atoms with E-state index in [1.807, 2.05) is 45.0 Å². The maximum absolute atomic E-state index is 11.5. The normalized spacial score (nSPS) is 10.7. The summed E-state index contributed by atoms with van der Waals surface area (Å²) < 4.78 is 5.14. The van der Waals surface area contributed by atoms with Gasteiger partial charge in [0.05, 0.1) is 0 Å². The van der Waals surface area contributed by atoms with Crippen molar-refractivity contribution >= 4 is 23.4 Å². The van der Waals surface area contributed by atoms with Gasteiger partial charge in [-0.2, -0.15) is 0 Å². The van der Waals surface area contributed by atoms with Gasteiger partial charge in [0.25, 0.3) is 0 Å². The van der Waals surface area contributed by atoms with Crippen LogP contribution in [-0.2, 0) is 9.53 Å². The molecule has 6 nitrogen and oxygen atoms in total. The molecule has 22 heavy (non-hydrogen) atoms. The molecule has 0 atom stereocenters. The summed E-state index contributed by atoms with van der Waals surface area (Å²) in [5.41, 5.74) is 1.13. The first-order chi connectivity index (χ1) is 10.3.